The molecule has 1 aromatic rings. The quantitative estimate of drug-likeness (QED) is 0.871. The predicted molar refractivity (Wildman–Crippen MR) is 76.7 cm³/mol. The molecule has 3 N–H and O–H groups in total. The zero-order valence-electron chi connectivity index (χ0n) is 12.1. The van der Waals surface area contributed by atoms with Crippen LogP contribution in [0.4, 0.5) is 13.2 Å². The van der Waals surface area contributed by atoms with Gasteiger partial charge in [0, 0.05) is 12.0 Å². The van der Waals surface area contributed by atoms with E-state index in [1.807, 2.05) is 0 Å². The number of primary amides is 1. The van der Waals surface area contributed by atoms with Crippen molar-refractivity contribution in [1.82, 2.24) is 4.72 Å². The molecule has 5 nitrogen and oxygen atoms in total. The van der Waals surface area contributed by atoms with Gasteiger partial charge in [0.15, 0.2) is 0 Å². The zero-order chi connectivity index (χ0) is 17.3. The molecule has 0 bridgehead atoms. The second-order valence-electron chi connectivity index (χ2n) is 5.59. The third-order valence-electron chi connectivity index (χ3n) is 3.94. The average Bonchev–Trinajstić information content (AvgIpc) is 2.46. The summed E-state index contributed by atoms with van der Waals surface area (Å²) in [6.45, 7) is 0. The van der Waals surface area contributed by atoms with Crippen molar-refractivity contribution >= 4 is 15.9 Å². The van der Waals surface area contributed by atoms with Gasteiger partial charge in [-0.05, 0) is 49.9 Å². The molecule has 0 heterocycles. The number of alkyl halides is 3. The topological polar surface area (TPSA) is 89.3 Å². The molecule has 0 spiro atoms. The number of rotatable bonds is 4. The Balaban J connectivity index is 2.04. The van der Waals surface area contributed by atoms with Gasteiger partial charge < -0.3 is 5.73 Å². The molecule has 23 heavy (non-hydrogen) atoms. The summed E-state index contributed by atoms with van der Waals surface area (Å²) in [5.41, 5.74) is 4.31. The van der Waals surface area contributed by atoms with E-state index >= 15 is 0 Å². The first-order valence-corrected chi connectivity index (χ1v) is 8.57. The first kappa shape index (κ1) is 17.7. The van der Waals surface area contributed by atoms with E-state index < -0.39 is 27.7 Å². The van der Waals surface area contributed by atoms with E-state index in [0.717, 1.165) is 24.3 Å². The van der Waals surface area contributed by atoms with Gasteiger partial charge in [0.25, 0.3) is 0 Å². The van der Waals surface area contributed by atoms with Gasteiger partial charge in [-0.1, -0.05) is 0 Å². The summed E-state index contributed by atoms with van der Waals surface area (Å²) < 4.78 is 64.3. The van der Waals surface area contributed by atoms with E-state index in [4.69, 9.17) is 5.73 Å². The second kappa shape index (κ2) is 6.48. The molecule has 1 aliphatic carbocycles. The highest BCUT2D eigenvalue weighted by molar-refractivity contribution is 7.89. The summed E-state index contributed by atoms with van der Waals surface area (Å²) in [7, 11) is -3.89. The van der Waals surface area contributed by atoms with E-state index in [9.17, 15) is 26.4 Å². The summed E-state index contributed by atoms with van der Waals surface area (Å²) in [6.07, 6.45) is -2.59. The van der Waals surface area contributed by atoms with E-state index in [2.05, 4.69) is 4.72 Å². The third kappa shape index (κ3) is 4.44. The predicted octanol–water partition coefficient (Wildman–Crippen LogP) is 2.03. The highest BCUT2D eigenvalue weighted by Gasteiger charge is 2.31. The van der Waals surface area contributed by atoms with Crippen LogP contribution in [0.25, 0.3) is 0 Å². The first-order chi connectivity index (χ1) is 10.6. The molecule has 0 aromatic heterocycles. The Kier molecular flexibility index (Phi) is 5.00. The van der Waals surface area contributed by atoms with Crippen LogP contribution in [-0.2, 0) is 21.0 Å². The maximum absolute atomic E-state index is 12.5. The maximum atomic E-state index is 12.5. The molecule has 0 radical (unpaired) electrons. The van der Waals surface area contributed by atoms with Gasteiger partial charge in [-0.3, -0.25) is 4.79 Å². The molecule has 1 fully saturated rings. The van der Waals surface area contributed by atoms with Crippen LogP contribution >= 0.6 is 0 Å². The van der Waals surface area contributed by atoms with Crippen molar-refractivity contribution in [1.29, 1.82) is 0 Å². The number of sulfonamides is 1. The molecule has 1 saturated carbocycles. The summed E-state index contributed by atoms with van der Waals surface area (Å²) in [5, 5.41) is 0. The van der Waals surface area contributed by atoms with Crippen molar-refractivity contribution < 1.29 is 26.4 Å². The summed E-state index contributed by atoms with van der Waals surface area (Å²) >= 11 is 0. The molecule has 9 heteroatoms. The number of hydrogen-bond acceptors (Lipinski definition) is 3. The number of nitrogens with two attached hydrogens (primary N) is 1. The Bertz CT molecular complexity index is 664. The minimum Gasteiger partial charge on any atom is -0.369 e. The van der Waals surface area contributed by atoms with Crippen LogP contribution in [0.5, 0.6) is 0 Å². The van der Waals surface area contributed by atoms with E-state index in [0.29, 0.717) is 25.7 Å². The van der Waals surface area contributed by atoms with Crippen LogP contribution < -0.4 is 10.5 Å². The third-order valence-corrected chi connectivity index (χ3v) is 5.48. The van der Waals surface area contributed by atoms with Crippen molar-refractivity contribution in [2.45, 2.75) is 42.8 Å². The van der Waals surface area contributed by atoms with Gasteiger partial charge in [-0.2, -0.15) is 13.2 Å². The second-order valence-corrected chi connectivity index (χ2v) is 7.31. The number of nitrogens with one attached hydrogen (secondary N) is 1. The van der Waals surface area contributed by atoms with Gasteiger partial charge in [0.05, 0.1) is 10.5 Å². The standard InChI is InChI=1S/C14H17F3N2O3S/c15-14(16,17)10-3-7-12(8-4-10)23(21,22)19-11-5-1-9(2-6-11)13(18)20/h3-4,7-9,11,19H,1-2,5-6H2,(H2,18,20)/t9-,11-. The van der Waals surface area contributed by atoms with Crippen molar-refractivity contribution in [2.24, 2.45) is 11.7 Å². The Morgan fingerprint density at radius 1 is 1.09 bits per heavy atom. The van der Waals surface area contributed by atoms with Crippen molar-refractivity contribution in [3.8, 4) is 0 Å². The Morgan fingerprint density at radius 2 is 1.61 bits per heavy atom. The number of halogens is 3. The molecule has 1 aliphatic rings. The minimum absolute atomic E-state index is 0.220. The van der Waals surface area contributed by atoms with Gasteiger partial charge in [-0.25, -0.2) is 13.1 Å². The smallest absolute Gasteiger partial charge is 0.369 e. The van der Waals surface area contributed by atoms with Crippen molar-refractivity contribution in [2.75, 3.05) is 0 Å². The Hall–Kier alpha value is -1.61. The largest absolute Gasteiger partial charge is 0.416 e. The van der Waals surface area contributed by atoms with Gasteiger partial charge in [-0.15, -0.1) is 0 Å². The maximum Gasteiger partial charge on any atom is 0.416 e. The normalized spacial score (nSPS) is 22.7. The SMILES string of the molecule is NC(=O)[C@H]1CC[C@H](NS(=O)(=O)c2ccc(C(F)(F)F)cc2)CC1. The lowest BCUT2D eigenvalue weighted by atomic mass is 9.86. The molecular formula is C14H17F3N2O3S. The summed E-state index contributed by atoms with van der Waals surface area (Å²) in [5.74, 6) is -0.643. The fourth-order valence-electron chi connectivity index (χ4n) is 2.61. The Labute approximate surface area is 132 Å². The number of carbonyl (C=O) groups excluding carboxylic acids is 1. The fourth-order valence-corrected chi connectivity index (χ4v) is 3.91. The number of amides is 1. The summed E-state index contributed by atoms with van der Waals surface area (Å²) in [6, 6.07) is 2.98. The Morgan fingerprint density at radius 3 is 2.04 bits per heavy atom. The lowest BCUT2D eigenvalue weighted by molar-refractivity contribution is -0.137. The number of carbonyl (C=O) groups is 1. The monoisotopic (exact) mass is 350 g/mol. The molecule has 0 atom stereocenters. The molecule has 0 unspecified atom stereocenters. The van der Waals surface area contributed by atoms with Crippen LogP contribution in [0.2, 0.25) is 0 Å². The van der Waals surface area contributed by atoms with E-state index in [-0.39, 0.29) is 16.9 Å². The van der Waals surface area contributed by atoms with Crippen LogP contribution in [0.15, 0.2) is 29.2 Å². The first-order valence-electron chi connectivity index (χ1n) is 7.08. The summed E-state index contributed by atoms with van der Waals surface area (Å²) in [4.78, 5) is 10.9. The highest BCUT2D eigenvalue weighted by atomic mass is 32.2. The molecule has 1 amide bonds. The number of benzene rings is 1. The van der Waals surface area contributed by atoms with E-state index in [1.54, 1.807) is 0 Å². The zero-order valence-corrected chi connectivity index (χ0v) is 13.0. The number of hydrogen-bond donors (Lipinski definition) is 2. The highest BCUT2D eigenvalue weighted by Crippen LogP contribution is 2.30. The molecule has 1 aromatic carbocycles. The van der Waals surface area contributed by atoms with E-state index in [1.165, 1.54) is 0 Å². The lowest BCUT2D eigenvalue weighted by Crippen LogP contribution is -2.39. The average molecular weight is 350 g/mol. The molecule has 2 rings (SSSR count). The molecule has 0 saturated heterocycles. The van der Waals surface area contributed by atoms with Gasteiger partial charge in [0.2, 0.25) is 15.9 Å². The lowest BCUT2D eigenvalue weighted by Gasteiger charge is -2.27. The molecular weight excluding hydrogens is 333 g/mol. The molecule has 0 aliphatic heterocycles. The van der Waals surface area contributed by atoms with Crippen LogP contribution in [0.3, 0.4) is 0 Å². The van der Waals surface area contributed by atoms with Gasteiger partial charge in [0.1, 0.15) is 0 Å². The van der Waals surface area contributed by atoms with Crippen LogP contribution in [0.1, 0.15) is 31.2 Å². The van der Waals surface area contributed by atoms with Crippen LogP contribution in [-0.4, -0.2) is 20.4 Å². The van der Waals surface area contributed by atoms with Gasteiger partial charge >= 0.3 is 6.18 Å². The minimum atomic E-state index is -4.51. The van der Waals surface area contributed by atoms with Crippen LogP contribution in [0, 0.1) is 5.92 Å². The van der Waals surface area contributed by atoms with Crippen molar-refractivity contribution in [3.05, 3.63) is 29.8 Å². The fraction of sp³-hybridized carbons (Fsp3) is 0.500. The van der Waals surface area contributed by atoms with Crippen molar-refractivity contribution in [3.63, 3.8) is 0 Å². The molecule has 128 valence electrons.